The van der Waals surface area contributed by atoms with Crippen LogP contribution in [0.25, 0.3) is 10.9 Å². The number of benzene rings is 1. The van der Waals surface area contributed by atoms with E-state index in [-0.39, 0.29) is 11.8 Å². The Morgan fingerprint density at radius 2 is 2.26 bits per heavy atom. The van der Waals surface area contributed by atoms with E-state index in [4.69, 9.17) is 4.74 Å². The molecular weight excluding hydrogens is 246 g/mol. The average molecular weight is 261 g/mol. The lowest BCUT2D eigenvalue weighted by Gasteiger charge is -2.15. The summed E-state index contributed by atoms with van der Waals surface area (Å²) < 4.78 is 5.78. The lowest BCUT2D eigenvalue weighted by molar-refractivity contribution is -0.383. The number of rotatable bonds is 5. The number of nitrogens with zero attached hydrogens (tertiary/aromatic N) is 2. The standard InChI is InChI=1S/C13H15N3O3/c1-9(8-14-2)19-12-6-5-11(16(17)18)13-10(12)4-3-7-15-13/h3-7,9,14H,8H2,1-2H3. The maximum atomic E-state index is 11.0. The van der Waals surface area contributed by atoms with E-state index in [2.05, 4.69) is 10.3 Å². The molecule has 0 saturated heterocycles. The summed E-state index contributed by atoms with van der Waals surface area (Å²) in [4.78, 5) is 14.6. The van der Waals surface area contributed by atoms with Crippen LogP contribution in [0.3, 0.4) is 0 Å². The number of hydrogen-bond acceptors (Lipinski definition) is 5. The molecule has 0 amide bonds. The molecule has 0 aliphatic rings. The van der Waals surface area contributed by atoms with Gasteiger partial charge < -0.3 is 10.1 Å². The fourth-order valence-corrected chi connectivity index (χ4v) is 1.93. The fourth-order valence-electron chi connectivity index (χ4n) is 1.93. The van der Waals surface area contributed by atoms with Crippen LogP contribution < -0.4 is 10.1 Å². The normalized spacial score (nSPS) is 12.3. The van der Waals surface area contributed by atoms with Crippen molar-refractivity contribution in [1.29, 1.82) is 0 Å². The molecule has 2 rings (SSSR count). The van der Waals surface area contributed by atoms with E-state index >= 15 is 0 Å². The molecule has 0 aliphatic carbocycles. The van der Waals surface area contributed by atoms with E-state index in [1.165, 1.54) is 12.3 Å². The SMILES string of the molecule is CNCC(C)Oc1ccc([N+](=O)[O-])c2ncccc12. The van der Waals surface area contributed by atoms with Crippen molar-refractivity contribution in [2.24, 2.45) is 0 Å². The van der Waals surface area contributed by atoms with Gasteiger partial charge in [0.1, 0.15) is 11.9 Å². The highest BCUT2D eigenvalue weighted by molar-refractivity contribution is 5.91. The van der Waals surface area contributed by atoms with E-state index in [1.54, 1.807) is 18.2 Å². The van der Waals surface area contributed by atoms with Crippen molar-refractivity contribution in [2.75, 3.05) is 13.6 Å². The van der Waals surface area contributed by atoms with Crippen LogP contribution in [0.1, 0.15) is 6.92 Å². The fraction of sp³-hybridized carbons (Fsp3) is 0.308. The summed E-state index contributed by atoms with van der Waals surface area (Å²) in [6.45, 7) is 2.62. The van der Waals surface area contributed by atoms with Crippen LogP contribution in [0, 0.1) is 10.1 Å². The van der Waals surface area contributed by atoms with E-state index in [1.807, 2.05) is 14.0 Å². The quantitative estimate of drug-likeness (QED) is 0.659. The second-order valence-electron chi connectivity index (χ2n) is 4.23. The van der Waals surface area contributed by atoms with Gasteiger partial charge in [-0.1, -0.05) is 0 Å². The van der Waals surface area contributed by atoms with Crippen molar-refractivity contribution < 1.29 is 9.66 Å². The maximum Gasteiger partial charge on any atom is 0.295 e. The Morgan fingerprint density at radius 3 is 2.95 bits per heavy atom. The second-order valence-corrected chi connectivity index (χ2v) is 4.23. The molecule has 1 aromatic heterocycles. The molecule has 0 saturated carbocycles. The summed E-state index contributed by atoms with van der Waals surface area (Å²) >= 11 is 0. The minimum Gasteiger partial charge on any atom is -0.489 e. The summed E-state index contributed by atoms with van der Waals surface area (Å²) in [6.07, 6.45) is 1.51. The van der Waals surface area contributed by atoms with Gasteiger partial charge in [0.15, 0.2) is 5.52 Å². The average Bonchev–Trinajstić information content (AvgIpc) is 2.39. The Kier molecular flexibility index (Phi) is 3.91. The van der Waals surface area contributed by atoms with Gasteiger partial charge >= 0.3 is 0 Å². The third-order valence-electron chi connectivity index (χ3n) is 2.72. The van der Waals surface area contributed by atoms with E-state index < -0.39 is 4.92 Å². The number of fused-ring (bicyclic) bond motifs is 1. The molecule has 1 N–H and O–H groups in total. The van der Waals surface area contributed by atoms with Gasteiger partial charge in [-0.05, 0) is 32.2 Å². The van der Waals surface area contributed by atoms with Crippen LogP contribution in [0.4, 0.5) is 5.69 Å². The first-order valence-corrected chi connectivity index (χ1v) is 5.97. The van der Waals surface area contributed by atoms with Gasteiger partial charge in [-0.25, -0.2) is 4.98 Å². The monoisotopic (exact) mass is 261 g/mol. The van der Waals surface area contributed by atoms with Crippen LogP contribution in [-0.2, 0) is 0 Å². The highest BCUT2D eigenvalue weighted by atomic mass is 16.6. The lowest BCUT2D eigenvalue weighted by atomic mass is 10.1. The number of nitro benzene ring substituents is 1. The Labute approximate surface area is 110 Å². The first-order valence-electron chi connectivity index (χ1n) is 5.97. The molecule has 0 spiro atoms. The minimum atomic E-state index is -0.434. The number of pyridine rings is 1. The van der Waals surface area contributed by atoms with Crippen molar-refractivity contribution in [3.8, 4) is 5.75 Å². The van der Waals surface area contributed by atoms with Crippen LogP contribution >= 0.6 is 0 Å². The molecule has 1 aromatic carbocycles. The van der Waals surface area contributed by atoms with Gasteiger partial charge in [-0.2, -0.15) is 0 Å². The number of ether oxygens (including phenoxy) is 1. The van der Waals surface area contributed by atoms with Crippen LogP contribution in [-0.4, -0.2) is 29.6 Å². The Bertz CT molecular complexity index is 601. The van der Waals surface area contributed by atoms with E-state index in [0.717, 1.165) is 0 Å². The van der Waals surface area contributed by atoms with Gasteiger partial charge in [0.25, 0.3) is 5.69 Å². The molecular formula is C13H15N3O3. The van der Waals surface area contributed by atoms with Crippen LogP contribution in [0.15, 0.2) is 30.5 Å². The third kappa shape index (κ3) is 2.79. The summed E-state index contributed by atoms with van der Waals surface area (Å²) in [7, 11) is 1.84. The van der Waals surface area contributed by atoms with E-state index in [9.17, 15) is 10.1 Å². The van der Waals surface area contributed by atoms with Gasteiger partial charge in [-0.3, -0.25) is 10.1 Å². The second kappa shape index (κ2) is 5.62. The van der Waals surface area contributed by atoms with Gasteiger partial charge in [-0.15, -0.1) is 0 Å². The van der Waals surface area contributed by atoms with Crippen molar-refractivity contribution in [1.82, 2.24) is 10.3 Å². The van der Waals surface area contributed by atoms with Crippen molar-refractivity contribution in [2.45, 2.75) is 13.0 Å². The molecule has 2 aromatic rings. The molecule has 0 aliphatic heterocycles. The largest absolute Gasteiger partial charge is 0.489 e. The predicted octanol–water partition coefficient (Wildman–Crippen LogP) is 2.13. The van der Waals surface area contributed by atoms with Gasteiger partial charge in [0.2, 0.25) is 0 Å². The summed E-state index contributed by atoms with van der Waals surface area (Å²) in [5.41, 5.74) is 0.339. The summed E-state index contributed by atoms with van der Waals surface area (Å²) in [5, 5.41) is 14.6. The summed E-state index contributed by atoms with van der Waals surface area (Å²) in [6, 6.07) is 6.56. The lowest BCUT2D eigenvalue weighted by Crippen LogP contribution is -2.26. The number of likely N-dealkylation sites (N-methyl/N-ethyl adjacent to an activating group) is 1. The Hall–Kier alpha value is -2.21. The highest BCUT2D eigenvalue weighted by Crippen LogP contribution is 2.31. The van der Waals surface area contributed by atoms with Gasteiger partial charge in [0, 0.05) is 24.2 Å². The molecule has 0 bridgehead atoms. The van der Waals surface area contributed by atoms with Crippen molar-refractivity contribution in [3.05, 3.63) is 40.6 Å². The molecule has 0 radical (unpaired) electrons. The molecule has 0 fully saturated rings. The number of nitro groups is 1. The molecule has 100 valence electrons. The zero-order valence-corrected chi connectivity index (χ0v) is 10.8. The third-order valence-corrected chi connectivity index (χ3v) is 2.72. The molecule has 6 heteroatoms. The molecule has 1 unspecified atom stereocenters. The molecule has 6 nitrogen and oxygen atoms in total. The highest BCUT2D eigenvalue weighted by Gasteiger charge is 2.16. The number of nitrogens with one attached hydrogen (secondary N) is 1. The predicted molar refractivity (Wildman–Crippen MR) is 72.4 cm³/mol. The Morgan fingerprint density at radius 1 is 1.47 bits per heavy atom. The van der Waals surface area contributed by atoms with E-state index in [0.29, 0.717) is 23.2 Å². The first-order chi connectivity index (χ1) is 9.13. The van der Waals surface area contributed by atoms with Crippen molar-refractivity contribution in [3.63, 3.8) is 0 Å². The zero-order valence-electron chi connectivity index (χ0n) is 10.8. The minimum absolute atomic E-state index is 0.00998. The number of hydrogen-bond donors (Lipinski definition) is 1. The topological polar surface area (TPSA) is 77.3 Å². The smallest absolute Gasteiger partial charge is 0.295 e. The zero-order chi connectivity index (χ0) is 13.8. The van der Waals surface area contributed by atoms with Crippen LogP contribution in [0.5, 0.6) is 5.75 Å². The first kappa shape index (κ1) is 13.2. The number of non-ortho nitro benzene ring substituents is 1. The molecule has 1 atom stereocenters. The molecule has 1 heterocycles. The summed E-state index contributed by atoms with van der Waals surface area (Å²) in [5.74, 6) is 0.608. The van der Waals surface area contributed by atoms with Gasteiger partial charge in [0.05, 0.1) is 4.92 Å². The number of aromatic nitrogens is 1. The maximum absolute atomic E-state index is 11.0. The Balaban J connectivity index is 2.46. The van der Waals surface area contributed by atoms with Crippen molar-refractivity contribution >= 4 is 16.6 Å². The van der Waals surface area contributed by atoms with Crippen LogP contribution in [0.2, 0.25) is 0 Å². The molecule has 19 heavy (non-hydrogen) atoms.